The molecule has 1 N–H and O–H groups in total. The van der Waals surface area contributed by atoms with Crippen molar-refractivity contribution >= 4 is 33.5 Å². The van der Waals surface area contributed by atoms with Crippen molar-refractivity contribution in [3.8, 4) is 5.75 Å². The van der Waals surface area contributed by atoms with Crippen molar-refractivity contribution in [2.45, 2.75) is 6.92 Å². The molecule has 0 heterocycles. The van der Waals surface area contributed by atoms with Crippen LogP contribution in [0.4, 0.5) is 5.69 Å². The van der Waals surface area contributed by atoms with E-state index < -0.39 is 5.97 Å². The third kappa shape index (κ3) is 4.56. The molecule has 0 unspecified atom stereocenters. The number of methoxy groups -OCH3 is 1. The van der Waals surface area contributed by atoms with Gasteiger partial charge >= 0.3 is 5.97 Å². The summed E-state index contributed by atoms with van der Waals surface area (Å²) >= 11 is 3.39. The number of esters is 1. The van der Waals surface area contributed by atoms with Crippen LogP contribution < -0.4 is 10.1 Å². The maximum atomic E-state index is 12.0. The molecule has 5 nitrogen and oxygen atoms in total. The first kappa shape index (κ1) is 17.0. The van der Waals surface area contributed by atoms with E-state index in [1.807, 2.05) is 19.1 Å². The predicted molar refractivity (Wildman–Crippen MR) is 90.8 cm³/mol. The number of para-hydroxylation sites is 1. The van der Waals surface area contributed by atoms with Crippen molar-refractivity contribution in [2.75, 3.05) is 19.0 Å². The molecule has 0 spiro atoms. The highest BCUT2D eigenvalue weighted by Gasteiger charge is 2.13. The fourth-order valence-electron chi connectivity index (χ4n) is 1.93. The van der Waals surface area contributed by atoms with Crippen molar-refractivity contribution in [3.05, 3.63) is 58.1 Å². The molecule has 6 heteroatoms. The van der Waals surface area contributed by atoms with Gasteiger partial charge in [-0.3, -0.25) is 4.79 Å². The fraction of sp³-hybridized carbons (Fsp3) is 0.176. The number of halogens is 1. The van der Waals surface area contributed by atoms with E-state index in [2.05, 4.69) is 26.0 Å². The van der Waals surface area contributed by atoms with Crippen molar-refractivity contribution in [2.24, 2.45) is 0 Å². The first-order valence-electron chi connectivity index (χ1n) is 6.87. The van der Waals surface area contributed by atoms with E-state index in [1.165, 1.54) is 7.11 Å². The maximum absolute atomic E-state index is 12.0. The highest BCUT2D eigenvalue weighted by atomic mass is 79.9. The van der Waals surface area contributed by atoms with Crippen LogP contribution in [0.3, 0.4) is 0 Å². The van der Waals surface area contributed by atoms with Gasteiger partial charge in [0.25, 0.3) is 5.91 Å². The number of hydrogen-bond donors (Lipinski definition) is 1. The number of benzene rings is 2. The van der Waals surface area contributed by atoms with Gasteiger partial charge in [-0.2, -0.15) is 0 Å². The van der Waals surface area contributed by atoms with Crippen molar-refractivity contribution < 1.29 is 19.1 Å². The summed E-state index contributed by atoms with van der Waals surface area (Å²) in [5, 5.41) is 2.65. The van der Waals surface area contributed by atoms with Crippen LogP contribution in [-0.4, -0.2) is 25.6 Å². The lowest BCUT2D eigenvalue weighted by Crippen LogP contribution is -2.21. The molecular weight excluding hydrogens is 362 g/mol. The molecule has 0 radical (unpaired) electrons. The van der Waals surface area contributed by atoms with Gasteiger partial charge in [-0.15, -0.1) is 0 Å². The molecule has 0 bridgehead atoms. The molecule has 0 saturated carbocycles. The van der Waals surface area contributed by atoms with E-state index in [-0.39, 0.29) is 12.5 Å². The monoisotopic (exact) mass is 377 g/mol. The van der Waals surface area contributed by atoms with Gasteiger partial charge in [0.1, 0.15) is 5.75 Å². The second-order valence-electron chi connectivity index (χ2n) is 4.81. The second kappa shape index (κ2) is 7.78. The first-order chi connectivity index (χ1) is 11.0. The van der Waals surface area contributed by atoms with E-state index in [1.54, 1.807) is 30.3 Å². The third-order valence-electron chi connectivity index (χ3n) is 3.05. The highest BCUT2D eigenvalue weighted by Crippen LogP contribution is 2.25. The Kier molecular flexibility index (Phi) is 5.76. The number of nitrogens with one attached hydrogen (secondary N) is 1. The normalized spacial score (nSPS) is 10.0. The summed E-state index contributed by atoms with van der Waals surface area (Å²) in [7, 11) is 1.29. The minimum Gasteiger partial charge on any atom is -0.483 e. The molecule has 1 amide bonds. The van der Waals surface area contributed by atoms with Crippen molar-refractivity contribution in [1.82, 2.24) is 0 Å². The molecule has 2 rings (SSSR count). The Morgan fingerprint density at radius 1 is 1.17 bits per heavy atom. The van der Waals surface area contributed by atoms with Crippen molar-refractivity contribution in [1.29, 1.82) is 0 Å². The van der Waals surface area contributed by atoms with E-state index >= 15 is 0 Å². The minimum atomic E-state index is -0.511. The summed E-state index contributed by atoms with van der Waals surface area (Å²) in [6.07, 6.45) is 0. The topological polar surface area (TPSA) is 64.6 Å². The molecule has 120 valence electrons. The van der Waals surface area contributed by atoms with Crippen LogP contribution in [0.5, 0.6) is 5.75 Å². The van der Waals surface area contributed by atoms with Crippen LogP contribution in [0.1, 0.15) is 15.9 Å². The summed E-state index contributed by atoms with van der Waals surface area (Å²) in [6.45, 7) is 1.79. The standard InChI is InChI=1S/C17H16BrNO4/c1-11-7-8-15(13(18)9-11)23-10-16(20)19-14-6-4-3-5-12(14)17(21)22-2/h3-9H,10H2,1-2H3,(H,19,20). The van der Waals surface area contributed by atoms with Gasteiger partial charge in [0.05, 0.1) is 22.8 Å². The Labute approximate surface area is 142 Å². The SMILES string of the molecule is COC(=O)c1ccccc1NC(=O)COc1ccc(C)cc1Br. The van der Waals surface area contributed by atoms with E-state index in [4.69, 9.17) is 4.74 Å². The second-order valence-corrected chi connectivity index (χ2v) is 5.66. The van der Waals surface area contributed by atoms with Crippen LogP contribution in [-0.2, 0) is 9.53 Å². The van der Waals surface area contributed by atoms with Gasteiger partial charge in [-0.1, -0.05) is 18.2 Å². The number of hydrogen-bond acceptors (Lipinski definition) is 4. The molecule has 23 heavy (non-hydrogen) atoms. The van der Waals surface area contributed by atoms with E-state index in [0.29, 0.717) is 17.0 Å². The zero-order valence-electron chi connectivity index (χ0n) is 12.8. The lowest BCUT2D eigenvalue weighted by molar-refractivity contribution is -0.118. The molecule has 0 aliphatic rings. The fourth-order valence-corrected chi connectivity index (χ4v) is 2.54. The van der Waals surface area contributed by atoms with Crippen LogP contribution in [0.25, 0.3) is 0 Å². The summed E-state index contributed by atoms with van der Waals surface area (Å²) in [5.74, 6) is -0.302. The van der Waals surface area contributed by atoms with Gasteiger partial charge in [-0.25, -0.2) is 4.79 Å². The molecule has 0 saturated heterocycles. The summed E-state index contributed by atoms with van der Waals surface area (Å²) in [6, 6.07) is 12.2. The molecule has 0 aliphatic carbocycles. The van der Waals surface area contributed by atoms with Crippen LogP contribution in [0.2, 0.25) is 0 Å². The van der Waals surface area contributed by atoms with Gasteiger partial charge in [0, 0.05) is 0 Å². The largest absolute Gasteiger partial charge is 0.483 e. The number of carbonyl (C=O) groups is 2. The Hall–Kier alpha value is -2.34. The lowest BCUT2D eigenvalue weighted by Gasteiger charge is -2.11. The van der Waals surface area contributed by atoms with Gasteiger partial charge in [0.2, 0.25) is 0 Å². The number of rotatable bonds is 5. The summed E-state index contributed by atoms with van der Waals surface area (Å²) in [5.41, 5.74) is 1.76. The van der Waals surface area contributed by atoms with Crippen LogP contribution >= 0.6 is 15.9 Å². The first-order valence-corrected chi connectivity index (χ1v) is 7.66. The van der Waals surface area contributed by atoms with Gasteiger partial charge < -0.3 is 14.8 Å². The zero-order valence-corrected chi connectivity index (χ0v) is 14.3. The molecule has 2 aromatic rings. The molecule has 0 aromatic heterocycles. The van der Waals surface area contributed by atoms with Gasteiger partial charge in [-0.05, 0) is 52.7 Å². The smallest absolute Gasteiger partial charge is 0.339 e. The maximum Gasteiger partial charge on any atom is 0.339 e. The average Bonchev–Trinajstić information content (AvgIpc) is 2.54. The van der Waals surface area contributed by atoms with Crippen molar-refractivity contribution in [3.63, 3.8) is 0 Å². The van der Waals surface area contributed by atoms with Crippen LogP contribution in [0, 0.1) is 6.92 Å². The minimum absolute atomic E-state index is 0.169. The number of anilines is 1. The third-order valence-corrected chi connectivity index (χ3v) is 3.67. The van der Waals surface area contributed by atoms with E-state index in [9.17, 15) is 9.59 Å². The lowest BCUT2D eigenvalue weighted by atomic mass is 10.2. The zero-order chi connectivity index (χ0) is 16.8. The number of ether oxygens (including phenoxy) is 2. The number of carbonyl (C=O) groups excluding carboxylic acids is 2. The molecule has 0 fully saturated rings. The van der Waals surface area contributed by atoms with Gasteiger partial charge in [0.15, 0.2) is 6.61 Å². The summed E-state index contributed by atoms with van der Waals surface area (Å²) < 4.78 is 10.9. The Balaban J connectivity index is 2.01. The van der Waals surface area contributed by atoms with E-state index in [0.717, 1.165) is 10.0 Å². The Morgan fingerprint density at radius 2 is 1.91 bits per heavy atom. The number of aryl methyl sites for hydroxylation is 1. The Bertz CT molecular complexity index is 730. The Morgan fingerprint density at radius 3 is 2.61 bits per heavy atom. The molecule has 2 aromatic carbocycles. The highest BCUT2D eigenvalue weighted by molar-refractivity contribution is 9.10. The molecule has 0 atom stereocenters. The molecule has 0 aliphatic heterocycles. The molecular formula is C17H16BrNO4. The number of amides is 1. The summed E-state index contributed by atoms with van der Waals surface area (Å²) in [4.78, 5) is 23.7. The quantitative estimate of drug-likeness (QED) is 0.809. The van der Waals surface area contributed by atoms with Crippen LogP contribution in [0.15, 0.2) is 46.9 Å². The predicted octanol–water partition coefficient (Wildman–Crippen LogP) is 3.56. The average molecular weight is 378 g/mol.